The van der Waals surface area contributed by atoms with Crippen LogP contribution in [-0.4, -0.2) is 54.8 Å². The van der Waals surface area contributed by atoms with Crippen molar-refractivity contribution in [3.63, 3.8) is 0 Å². The third-order valence-electron chi connectivity index (χ3n) is 3.89. The monoisotopic (exact) mass is 401 g/mol. The van der Waals surface area contributed by atoms with E-state index in [1.165, 1.54) is 7.11 Å². The van der Waals surface area contributed by atoms with Gasteiger partial charge in [-0.1, -0.05) is 12.1 Å². The summed E-state index contributed by atoms with van der Waals surface area (Å²) in [6.07, 6.45) is -0.268. The summed E-state index contributed by atoms with van der Waals surface area (Å²) >= 11 is 0. The van der Waals surface area contributed by atoms with E-state index in [-0.39, 0.29) is 19.2 Å². The molecular formula is C20H27N5O4. The lowest BCUT2D eigenvalue weighted by Gasteiger charge is -2.17. The number of rotatable bonds is 9. The largest absolute Gasteiger partial charge is 0.491 e. The molecule has 0 fully saturated rings. The maximum atomic E-state index is 11.8. The van der Waals surface area contributed by atoms with Crippen molar-refractivity contribution in [2.24, 2.45) is 5.73 Å². The van der Waals surface area contributed by atoms with Crippen molar-refractivity contribution >= 4 is 23.8 Å². The van der Waals surface area contributed by atoms with E-state index in [2.05, 4.69) is 20.4 Å². The second-order valence-corrected chi connectivity index (χ2v) is 6.61. The van der Waals surface area contributed by atoms with E-state index in [1.54, 1.807) is 24.3 Å². The van der Waals surface area contributed by atoms with Crippen LogP contribution in [-0.2, 0) is 4.74 Å². The van der Waals surface area contributed by atoms with E-state index in [9.17, 15) is 9.90 Å². The number of pyridine rings is 1. The van der Waals surface area contributed by atoms with Crippen LogP contribution in [0.2, 0.25) is 0 Å². The first-order chi connectivity index (χ1) is 13.9. The average molecular weight is 401 g/mol. The zero-order valence-electron chi connectivity index (χ0n) is 16.7. The van der Waals surface area contributed by atoms with Gasteiger partial charge in [0.25, 0.3) is 0 Å². The molecule has 2 rings (SSSR count). The molecule has 156 valence electrons. The first-order valence-electron chi connectivity index (χ1n) is 9.16. The lowest BCUT2D eigenvalue weighted by Crippen LogP contribution is -2.26. The highest BCUT2D eigenvalue weighted by atomic mass is 16.5. The fourth-order valence-electron chi connectivity index (χ4n) is 2.50. The van der Waals surface area contributed by atoms with E-state index in [0.717, 1.165) is 11.8 Å². The molecule has 1 aromatic carbocycles. The van der Waals surface area contributed by atoms with Gasteiger partial charge in [0.1, 0.15) is 24.3 Å². The number of benzene rings is 1. The molecule has 1 heterocycles. The maximum Gasteiger partial charge on any atom is 0.411 e. The van der Waals surface area contributed by atoms with Crippen LogP contribution in [0.1, 0.15) is 19.4 Å². The molecule has 9 heteroatoms. The average Bonchev–Trinajstić information content (AvgIpc) is 2.71. The van der Waals surface area contributed by atoms with E-state index in [1.807, 2.05) is 19.9 Å². The molecule has 0 bridgehead atoms. The lowest BCUT2D eigenvalue weighted by atomic mass is 10.1. The molecule has 0 aliphatic rings. The number of anilines is 2. The SMILES string of the molecule is COC(=O)Nc1cc(-c2cccc(OCC(O)CN)c2)nc(NC(C)C)c1C=N. The second-order valence-electron chi connectivity index (χ2n) is 6.61. The summed E-state index contributed by atoms with van der Waals surface area (Å²) in [7, 11) is 1.27. The Hall–Kier alpha value is -3.17. The Balaban J connectivity index is 2.47. The molecule has 1 atom stereocenters. The third-order valence-corrected chi connectivity index (χ3v) is 3.89. The fraction of sp³-hybridized carbons (Fsp3) is 0.350. The Kier molecular flexibility index (Phi) is 7.93. The number of methoxy groups -OCH3 is 1. The molecule has 29 heavy (non-hydrogen) atoms. The van der Waals surface area contributed by atoms with Crippen molar-refractivity contribution in [2.45, 2.75) is 26.0 Å². The van der Waals surface area contributed by atoms with Crippen molar-refractivity contribution in [2.75, 3.05) is 30.9 Å². The normalized spacial score (nSPS) is 11.7. The number of aromatic nitrogens is 1. The first kappa shape index (κ1) is 22.1. The van der Waals surface area contributed by atoms with E-state index in [4.69, 9.17) is 15.9 Å². The Morgan fingerprint density at radius 1 is 1.38 bits per heavy atom. The number of amides is 1. The van der Waals surface area contributed by atoms with Gasteiger partial charge in [-0.3, -0.25) is 5.32 Å². The van der Waals surface area contributed by atoms with Gasteiger partial charge in [0.05, 0.1) is 24.1 Å². The minimum Gasteiger partial charge on any atom is -0.491 e. The standard InChI is InChI=1S/C20H27N5O4/c1-12(2)23-19-16(10-22)18(25-20(27)28-3)8-17(24-19)13-5-4-6-15(7-13)29-11-14(26)9-21/h4-8,10,12,14,22,26H,9,11,21H2,1-3H3,(H2,23,24,25,27). The summed E-state index contributed by atoms with van der Waals surface area (Å²) < 4.78 is 10.3. The smallest absolute Gasteiger partial charge is 0.411 e. The van der Waals surface area contributed by atoms with Crippen LogP contribution < -0.4 is 21.1 Å². The van der Waals surface area contributed by atoms with Gasteiger partial charge in [-0.05, 0) is 32.0 Å². The predicted octanol–water partition coefficient (Wildman–Crippen LogP) is 2.44. The lowest BCUT2D eigenvalue weighted by molar-refractivity contribution is 0.114. The van der Waals surface area contributed by atoms with Gasteiger partial charge in [0.15, 0.2) is 0 Å². The molecular weight excluding hydrogens is 374 g/mol. The number of ether oxygens (including phenoxy) is 2. The number of nitrogens with one attached hydrogen (secondary N) is 3. The molecule has 0 spiro atoms. The summed E-state index contributed by atoms with van der Waals surface area (Å²) in [4.78, 5) is 16.4. The molecule has 0 saturated carbocycles. The molecule has 1 amide bonds. The van der Waals surface area contributed by atoms with Crippen LogP contribution in [0.25, 0.3) is 11.3 Å². The number of carbonyl (C=O) groups is 1. The first-order valence-corrected chi connectivity index (χ1v) is 9.16. The number of hydrogen-bond acceptors (Lipinski definition) is 8. The quantitative estimate of drug-likeness (QED) is 0.406. The summed E-state index contributed by atoms with van der Waals surface area (Å²) in [5.41, 5.74) is 7.53. The summed E-state index contributed by atoms with van der Waals surface area (Å²) in [6, 6.07) is 8.91. The Labute approximate surface area is 169 Å². The number of nitrogens with zero attached hydrogens (tertiary/aromatic N) is 1. The van der Waals surface area contributed by atoms with Crippen LogP contribution in [0.5, 0.6) is 5.75 Å². The minimum absolute atomic E-state index is 0.0647. The Morgan fingerprint density at radius 3 is 2.76 bits per heavy atom. The van der Waals surface area contributed by atoms with Crippen molar-refractivity contribution in [1.82, 2.24) is 4.98 Å². The van der Waals surface area contributed by atoms with E-state index < -0.39 is 12.2 Å². The van der Waals surface area contributed by atoms with Gasteiger partial charge in [-0.2, -0.15) is 0 Å². The highest BCUT2D eigenvalue weighted by Gasteiger charge is 2.16. The Morgan fingerprint density at radius 2 is 2.14 bits per heavy atom. The third kappa shape index (κ3) is 6.16. The predicted molar refractivity (Wildman–Crippen MR) is 113 cm³/mol. The molecule has 0 radical (unpaired) electrons. The number of aliphatic hydroxyl groups is 1. The van der Waals surface area contributed by atoms with Gasteiger partial charge in [-0.15, -0.1) is 0 Å². The van der Waals surface area contributed by atoms with Crippen molar-refractivity contribution < 1.29 is 19.4 Å². The zero-order chi connectivity index (χ0) is 21.4. The van der Waals surface area contributed by atoms with Crippen molar-refractivity contribution in [1.29, 1.82) is 5.41 Å². The fourth-order valence-corrected chi connectivity index (χ4v) is 2.50. The highest BCUT2D eigenvalue weighted by molar-refractivity contribution is 5.99. The summed E-state index contributed by atoms with van der Waals surface area (Å²) in [5, 5.41) is 23.1. The minimum atomic E-state index is -0.749. The highest BCUT2D eigenvalue weighted by Crippen LogP contribution is 2.30. The van der Waals surface area contributed by atoms with Gasteiger partial charge in [0.2, 0.25) is 0 Å². The van der Waals surface area contributed by atoms with Crippen LogP contribution >= 0.6 is 0 Å². The summed E-state index contributed by atoms with van der Waals surface area (Å²) in [5.74, 6) is 1.01. The zero-order valence-corrected chi connectivity index (χ0v) is 16.7. The maximum absolute atomic E-state index is 11.8. The van der Waals surface area contributed by atoms with E-state index in [0.29, 0.717) is 28.5 Å². The van der Waals surface area contributed by atoms with Gasteiger partial charge >= 0.3 is 6.09 Å². The molecule has 2 aromatic rings. The van der Waals surface area contributed by atoms with Crippen molar-refractivity contribution in [3.05, 3.63) is 35.9 Å². The molecule has 1 unspecified atom stereocenters. The molecule has 6 N–H and O–H groups in total. The van der Waals surface area contributed by atoms with Crippen LogP contribution in [0.15, 0.2) is 30.3 Å². The molecule has 1 aromatic heterocycles. The van der Waals surface area contributed by atoms with E-state index >= 15 is 0 Å². The molecule has 0 saturated heterocycles. The number of hydrogen-bond donors (Lipinski definition) is 5. The molecule has 0 aliphatic carbocycles. The Bertz CT molecular complexity index is 857. The summed E-state index contributed by atoms with van der Waals surface area (Å²) in [6.45, 7) is 4.09. The second kappa shape index (κ2) is 10.4. The topological polar surface area (TPSA) is 143 Å². The number of nitrogens with two attached hydrogens (primary N) is 1. The number of carbonyl (C=O) groups excluding carboxylic acids is 1. The molecule has 9 nitrogen and oxygen atoms in total. The van der Waals surface area contributed by atoms with Gasteiger partial charge in [0, 0.05) is 24.4 Å². The molecule has 0 aliphatic heterocycles. The number of aliphatic hydroxyl groups excluding tert-OH is 1. The van der Waals surface area contributed by atoms with Crippen LogP contribution in [0, 0.1) is 5.41 Å². The van der Waals surface area contributed by atoms with Gasteiger partial charge < -0.3 is 31.0 Å². The van der Waals surface area contributed by atoms with Crippen molar-refractivity contribution in [3.8, 4) is 17.0 Å². The van der Waals surface area contributed by atoms with Crippen LogP contribution in [0.3, 0.4) is 0 Å². The van der Waals surface area contributed by atoms with Gasteiger partial charge in [-0.25, -0.2) is 9.78 Å². The van der Waals surface area contributed by atoms with Crippen LogP contribution in [0.4, 0.5) is 16.3 Å².